The molecule has 0 spiro atoms. The summed E-state index contributed by atoms with van der Waals surface area (Å²) >= 11 is 0. The maximum Gasteiger partial charge on any atom is 0.322 e. The fraction of sp³-hybridized carbons (Fsp3) is 0.300. The van der Waals surface area contributed by atoms with Gasteiger partial charge in [-0.05, 0) is 55.2 Å². The van der Waals surface area contributed by atoms with Gasteiger partial charge in [-0.2, -0.15) is 4.31 Å². The van der Waals surface area contributed by atoms with E-state index in [1.165, 1.54) is 28.6 Å². The number of nitrogens with zero attached hydrogens (tertiary/aromatic N) is 4. The van der Waals surface area contributed by atoms with E-state index in [9.17, 15) is 13.2 Å². The maximum absolute atomic E-state index is 12.8. The summed E-state index contributed by atoms with van der Waals surface area (Å²) in [6, 6.07) is 11.0. The zero-order valence-electron chi connectivity index (χ0n) is 16.4. The third kappa shape index (κ3) is 4.24. The highest BCUT2D eigenvalue weighted by Crippen LogP contribution is 2.24. The number of piperidine rings is 1. The lowest BCUT2D eigenvalue weighted by Crippen LogP contribution is -2.39. The fourth-order valence-corrected chi connectivity index (χ4v) is 4.93. The predicted octanol–water partition coefficient (Wildman–Crippen LogP) is 2.80. The number of hydrogen-bond donors (Lipinski definition) is 1. The van der Waals surface area contributed by atoms with Gasteiger partial charge in [-0.15, -0.1) is 5.10 Å². The number of carbonyl (C=O) groups excluding carboxylic acids is 1. The second-order valence-electron chi connectivity index (χ2n) is 7.22. The number of amides is 1. The highest BCUT2D eigenvalue weighted by atomic mass is 32.2. The first-order chi connectivity index (χ1) is 14.4. The molecular formula is C20H21N5O4S. The van der Waals surface area contributed by atoms with Crippen LogP contribution in [0.4, 0.5) is 6.01 Å². The Labute approximate surface area is 174 Å². The van der Waals surface area contributed by atoms with Crippen molar-refractivity contribution >= 4 is 21.9 Å². The third-order valence-electron chi connectivity index (χ3n) is 4.90. The Balaban J connectivity index is 1.45. The zero-order chi connectivity index (χ0) is 21.1. The molecule has 1 aliphatic rings. The Kier molecular flexibility index (Phi) is 5.60. The lowest BCUT2D eigenvalue weighted by molar-refractivity contribution is 0.102. The van der Waals surface area contributed by atoms with Crippen molar-refractivity contribution in [3.8, 4) is 11.6 Å². The topological polar surface area (TPSA) is 118 Å². The van der Waals surface area contributed by atoms with Crippen LogP contribution in [-0.4, -0.2) is 46.9 Å². The van der Waals surface area contributed by atoms with Crippen LogP contribution in [0, 0.1) is 5.92 Å². The molecule has 3 heterocycles. The van der Waals surface area contributed by atoms with Gasteiger partial charge in [-0.3, -0.25) is 15.1 Å². The van der Waals surface area contributed by atoms with Crippen LogP contribution >= 0.6 is 0 Å². The van der Waals surface area contributed by atoms with Crippen molar-refractivity contribution in [2.75, 3.05) is 18.4 Å². The van der Waals surface area contributed by atoms with Gasteiger partial charge in [0.25, 0.3) is 11.8 Å². The lowest BCUT2D eigenvalue weighted by atomic mass is 10.0. The number of anilines is 1. The summed E-state index contributed by atoms with van der Waals surface area (Å²) in [6.45, 7) is 3.08. The van der Waals surface area contributed by atoms with Crippen molar-refractivity contribution in [1.29, 1.82) is 0 Å². The van der Waals surface area contributed by atoms with E-state index in [1.54, 1.807) is 24.4 Å². The van der Waals surface area contributed by atoms with Crippen molar-refractivity contribution in [2.45, 2.75) is 24.7 Å². The van der Waals surface area contributed by atoms with Crippen LogP contribution in [0.5, 0.6) is 0 Å². The quantitative estimate of drug-likeness (QED) is 0.665. The Morgan fingerprint density at radius 2 is 1.97 bits per heavy atom. The van der Waals surface area contributed by atoms with Crippen LogP contribution < -0.4 is 5.32 Å². The Morgan fingerprint density at radius 3 is 2.67 bits per heavy atom. The molecule has 9 nitrogen and oxygen atoms in total. The summed E-state index contributed by atoms with van der Waals surface area (Å²) < 4.78 is 32.6. The third-order valence-corrected chi connectivity index (χ3v) is 6.78. The number of benzene rings is 1. The summed E-state index contributed by atoms with van der Waals surface area (Å²) in [5.74, 6) is 0.0359. The molecule has 1 amide bonds. The smallest absolute Gasteiger partial charge is 0.322 e. The monoisotopic (exact) mass is 427 g/mol. The van der Waals surface area contributed by atoms with E-state index in [1.807, 2.05) is 6.92 Å². The first-order valence-corrected chi connectivity index (χ1v) is 11.0. The van der Waals surface area contributed by atoms with Crippen molar-refractivity contribution in [3.05, 3.63) is 54.2 Å². The fourth-order valence-electron chi connectivity index (χ4n) is 3.33. The highest BCUT2D eigenvalue weighted by Gasteiger charge is 2.28. The number of sulfonamides is 1. The molecule has 4 rings (SSSR count). The van der Waals surface area contributed by atoms with Gasteiger partial charge in [0.2, 0.25) is 10.0 Å². The first kappa shape index (κ1) is 20.2. The van der Waals surface area contributed by atoms with Crippen LogP contribution in [0.25, 0.3) is 11.6 Å². The summed E-state index contributed by atoms with van der Waals surface area (Å²) in [5.41, 5.74) is 0.769. The molecule has 30 heavy (non-hydrogen) atoms. The van der Waals surface area contributed by atoms with E-state index in [2.05, 4.69) is 20.5 Å². The van der Waals surface area contributed by atoms with Crippen molar-refractivity contribution in [3.63, 3.8) is 0 Å². The molecule has 0 aliphatic carbocycles. The van der Waals surface area contributed by atoms with Gasteiger partial charge in [0, 0.05) is 24.8 Å². The normalized spacial score (nSPS) is 17.6. The molecule has 3 aromatic rings. The van der Waals surface area contributed by atoms with Crippen molar-refractivity contribution in [2.24, 2.45) is 5.92 Å². The SMILES string of the molecule is C[C@@H]1CCCN(S(=O)(=O)c2ccc(C(=O)Nc3nnc(-c4ccccn4)o3)cc2)C1. The molecule has 1 atom stereocenters. The first-order valence-electron chi connectivity index (χ1n) is 9.60. The largest absolute Gasteiger partial charge is 0.401 e. The Hall–Kier alpha value is -3.11. The highest BCUT2D eigenvalue weighted by molar-refractivity contribution is 7.89. The number of pyridine rings is 1. The Bertz CT molecular complexity index is 1130. The minimum atomic E-state index is -3.57. The molecule has 1 aliphatic heterocycles. The van der Waals surface area contributed by atoms with Crippen LogP contribution in [0.15, 0.2) is 58.0 Å². The number of aromatic nitrogens is 3. The van der Waals surface area contributed by atoms with Gasteiger partial charge < -0.3 is 4.42 Å². The summed E-state index contributed by atoms with van der Waals surface area (Å²) in [5, 5.41) is 10.2. The summed E-state index contributed by atoms with van der Waals surface area (Å²) in [4.78, 5) is 16.7. The van der Waals surface area contributed by atoms with Crippen LogP contribution in [0.2, 0.25) is 0 Å². The van der Waals surface area contributed by atoms with E-state index in [0.717, 1.165) is 12.8 Å². The average molecular weight is 427 g/mol. The molecule has 0 unspecified atom stereocenters. The van der Waals surface area contributed by atoms with Gasteiger partial charge in [-0.25, -0.2) is 8.42 Å². The number of rotatable bonds is 5. The van der Waals surface area contributed by atoms with E-state index < -0.39 is 15.9 Å². The van der Waals surface area contributed by atoms with Gasteiger partial charge in [0.1, 0.15) is 5.69 Å². The number of carbonyl (C=O) groups is 1. The van der Waals surface area contributed by atoms with Crippen LogP contribution in [0.3, 0.4) is 0 Å². The van der Waals surface area contributed by atoms with E-state index in [-0.39, 0.29) is 22.4 Å². The summed E-state index contributed by atoms with van der Waals surface area (Å²) in [6.07, 6.45) is 3.48. The Morgan fingerprint density at radius 1 is 1.17 bits per heavy atom. The minimum absolute atomic E-state index is 0.0698. The van der Waals surface area contributed by atoms with E-state index in [4.69, 9.17) is 4.42 Å². The molecule has 0 bridgehead atoms. The molecule has 1 saturated heterocycles. The molecule has 1 N–H and O–H groups in total. The predicted molar refractivity (Wildman–Crippen MR) is 109 cm³/mol. The molecule has 156 valence electrons. The number of hydrogen-bond acceptors (Lipinski definition) is 7. The molecule has 0 radical (unpaired) electrons. The molecule has 2 aromatic heterocycles. The van der Waals surface area contributed by atoms with Gasteiger partial charge in [-0.1, -0.05) is 18.1 Å². The molecular weight excluding hydrogens is 406 g/mol. The summed E-state index contributed by atoms with van der Waals surface area (Å²) in [7, 11) is -3.57. The standard InChI is InChI=1S/C20H21N5O4S/c1-14-5-4-12-25(13-14)30(27,28)16-9-7-15(8-10-16)18(26)22-20-24-23-19(29-20)17-6-2-3-11-21-17/h2-3,6-11,14H,4-5,12-13H2,1H3,(H,22,24,26)/t14-/m1/s1. The molecule has 0 saturated carbocycles. The second kappa shape index (κ2) is 8.33. The molecule has 1 fully saturated rings. The van der Waals surface area contributed by atoms with Gasteiger partial charge >= 0.3 is 6.01 Å². The van der Waals surface area contributed by atoms with Crippen molar-refractivity contribution in [1.82, 2.24) is 19.5 Å². The molecule has 10 heteroatoms. The minimum Gasteiger partial charge on any atom is -0.401 e. The van der Waals surface area contributed by atoms with Gasteiger partial charge in [0.15, 0.2) is 0 Å². The van der Waals surface area contributed by atoms with Crippen LogP contribution in [-0.2, 0) is 10.0 Å². The van der Waals surface area contributed by atoms with E-state index >= 15 is 0 Å². The average Bonchev–Trinajstić information content (AvgIpc) is 3.23. The van der Waals surface area contributed by atoms with Gasteiger partial charge in [0.05, 0.1) is 4.90 Å². The molecule has 1 aromatic carbocycles. The van der Waals surface area contributed by atoms with E-state index in [0.29, 0.717) is 24.7 Å². The zero-order valence-corrected chi connectivity index (χ0v) is 17.2. The number of nitrogens with one attached hydrogen (secondary N) is 1. The second-order valence-corrected chi connectivity index (χ2v) is 9.15. The maximum atomic E-state index is 12.8. The van der Waals surface area contributed by atoms with Crippen molar-refractivity contribution < 1.29 is 17.6 Å². The lowest BCUT2D eigenvalue weighted by Gasteiger charge is -2.30. The van der Waals surface area contributed by atoms with Crippen LogP contribution in [0.1, 0.15) is 30.1 Å².